The van der Waals surface area contributed by atoms with Gasteiger partial charge in [-0.25, -0.2) is 0 Å². The average molecular weight is 338 g/mol. The molecule has 0 aliphatic heterocycles. The zero-order valence-electron chi connectivity index (χ0n) is 14.7. The normalized spacial score (nSPS) is 11.5. The van der Waals surface area contributed by atoms with Crippen LogP contribution >= 0.6 is 0 Å². The minimum Gasteiger partial charge on any atom is -0.497 e. The molecule has 0 spiro atoms. The van der Waals surface area contributed by atoms with Gasteiger partial charge in [0.05, 0.1) is 14.2 Å². The first-order chi connectivity index (χ1) is 12.8. The highest BCUT2D eigenvalue weighted by molar-refractivity contribution is 6.17. The fourth-order valence-corrected chi connectivity index (χ4v) is 3.84. The van der Waals surface area contributed by atoms with Crippen molar-refractivity contribution in [1.82, 2.24) is 0 Å². The number of hydrogen-bond donors (Lipinski definition) is 0. The maximum Gasteiger partial charge on any atom is 0.119 e. The van der Waals surface area contributed by atoms with Crippen LogP contribution in [0.5, 0.6) is 11.5 Å². The molecule has 0 amide bonds. The summed E-state index contributed by atoms with van der Waals surface area (Å²) in [5, 5.41) is 9.93. The molecular weight excluding hydrogens is 320 g/mol. The fourth-order valence-electron chi connectivity index (χ4n) is 3.84. The van der Waals surface area contributed by atoms with E-state index in [0.717, 1.165) is 11.5 Å². The van der Waals surface area contributed by atoms with Crippen LogP contribution in [0, 0.1) is 0 Å². The van der Waals surface area contributed by atoms with Crippen molar-refractivity contribution >= 4 is 43.1 Å². The first-order valence-electron chi connectivity index (χ1n) is 8.68. The van der Waals surface area contributed by atoms with Gasteiger partial charge in [-0.15, -0.1) is 0 Å². The van der Waals surface area contributed by atoms with Crippen molar-refractivity contribution in [2.24, 2.45) is 0 Å². The van der Waals surface area contributed by atoms with Crippen molar-refractivity contribution in [3.8, 4) is 11.5 Å². The van der Waals surface area contributed by atoms with Crippen molar-refractivity contribution in [2.45, 2.75) is 0 Å². The largest absolute Gasteiger partial charge is 0.497 e. The van der Waals surface area contributed by atoms with Gasteiger partial charge < -0.3 is 9.47 Å². The third-order valence-electron chi connectivity index (χ3n) is 5.20. The Hall–Kier alpha value is -3.26. The lowest BCUT2D eigenvalue weighted by Gasteiger charge is -2.10. The zero-order valence-corrected chi connectivity index (χ0v) is 14.7. The van der Waals surface area contributed by atoms with Gasteiger partial charge in [0, 0.05) is 0 Å². The van der Waals surface area contributed by atoms with E-state index in [1.807, 2.05) is 12.1 Å². The SMILES string of the molecule is COc1ccc2c(ccc3cc4c(ccc5cc(OC)ccc54)cc32)c1. The van der Waals surface area contributed by atoms with Gasteiger partial charge in [-0.3, -0.25) is 0 Å². The lowest BCUT2D eigenvalue weighted by Crippen LogP contribution is -1.85. The van der Waals surface area contributed by atoms with Crippen LogP contribution in [0.15, 0.2) is 72.8 Å². The molecule has 5 aromatic carbocycles. The Bertz CT molecular complexity index is 1200. The minimum atomic E-state index is 0.887. The fraction of sp³-hybridized carbons (Fsp3) is 0.0833. The quantitative estimate of drug-likeness (QED) is 0.277. The van der Waals surface area contributed by atoms with Gasteiger partial charge in [-0.05, 0) is 79.5 Å². The molecule has 5 rings (SSSR count). The van der Waals surface area contributed by atoms with Crippen LogP contribution in [0.3, 0.4) is 0 Å². The van der Waals surface area contributed by atoms with Gasteiger partial charge in [-0.2, -0.15) is 0 Å². The van der Waals surface area contributed by atoms with E-state index in [4.69, 9.17) is 9.47 Å². The van der Waals surface area contributed by atoms with E-state index < -0.39 is 0 Å². The third kappa shape index (κ3) is 2.19. The van der Waals surface area contributed by atoms with Crippen LogP contribution in [-0.4, -0.2) is 14.2 Å². The van der Waals surface area contributed by atoms with Gasteiger partial charge in [-0.1, -0.05) is 36.4 Å². The summed E-state index contributed by atoms with van der Waals surface area (Å²) in [5.41, 5.74) is 0. The summed E-state index contributed by atoms with van der Waals surface area (Å²) in [4.78, 5) is 0. The summed E-state index contributed by atoms with van der Waals surface area (Å²) >= 11 is 0. The van der Waals surface area contributed by atoms with Crippen molar-refractivity contribution in [3.05, 3.63) is 72.8 Å². The van der Waals surface area contributed by atoms with E-state index in [-0.39, 0.29) is 0 Å². The van der Waals surface area contributed by atoms with Crippen LogP contribution in [0.4, 0.5) is 0 Å². The standard InChI is InChI=1S/C24H18O2/c1-25-19-7-9-21-15(11-19)3-5-17-14-24-18(13-23(17)21)6-4-16-12-20(26-2)8-10-22(16)24/h3-14H,1-2H3. The molecule has 0 radical (unpaired) electrons. The Labute approximate surface area is 151 Å². The van der Waals surface area contributed by atoms with E-state index >= 15 is 0 Å². The number of benzene rings is 5. The molecule has 126 valence electrons. The maximum atomic E-state index is 5.36. The summed E-state index contributed by atoms with van der Waals surface area (Å²) in [6.07, 6.45) is 0. The molecular formula is C24H18O2. The summed E-state index contributed by atoms with van der Waals surface area (Å²) < 4.78 is 10.7. The van der Waals surface area contributed by atoms with E-state index in [9.17, 15) is 0 Å². The van der Waals surface area contributed by atoms with E-state index in [1.165, 1.54) is 43.1 Å². The first kappa shape index (κ1) is 15.0. The predicted molar refractivity (Wildman–Crippen MR) is 110 cm³/mol. The summed E-state index contributed by atoms with van der Waals surface area (Å²) in [7, 11) is 3.41. The molecule has 0 aliphatic carbocycles. The van der Waals surface area contributed by atoms with E-state index in [2.05, 4.69) is 60.7 Å². The Morgan fingerprint density at radius 1 is 0.423 bits per heavy atom. The van der Waals surface area contributed by atoms with Gasteiger partial charge in [0.2, 0.25) is 0 Å². The number of ether oxygens (including phenoxy) is 2. The Balaban J connectivity index is 1.85. The highest BCUT2D eigenvalue weighted by atomic mass is 16.5. The Morgan fingerprint density at radius 3 is 1.19 bits per heavy atom. The lowest BCUT2D eigenvalue weighted by molar-refractivity contribution is 0.415. The van der Waals surface area contributed by atoms with Crippen LogP contribution in [0.2, 0.25) is 0 Å². The van der Waals surface area contributed by atoms with Crippen LogP contribution in [0.1, 0.15) is 0 Å². The molecule has 0 atom stereocenters. The molecule has 0 aliphatic rings. The second kappa shape index (κ2) is 5.63. The smallest absolute Gasteiger partial charge is 0.119 e. The van der Waals surface area contributed by atoms with Crippen LogP contribution in [-0.2, 0) is 0 Å². The minimum absolute atomic E-state index is 0.887. The van der Waals surface area contributed by atoms with E-state index in [0.29, 0.717) is 0 Å². The second-order valence-corrected chi connectivity index (χ2v) is 6.60. The molecule has 5 aromatic rings. The molecule has 0 bridgehead atoms. The Morgan fingerprint density at radius 2 is 0.808 bits per heavy atom. The maximum absolute atomic E-state index is 5.36. The lowest BCUT2D eigenvalue weighted by atomic mass is 9.95. The van der Waals surface area contributed by atoms with Gasteiger partial charge >= 0.3 is 0 Å². The van der Waals surface area contributed by atoms with Crippen molar-refractivity contribution in [1.29, 1.82) is 0 Å². The molecule has 0 fully saturated rings. The molecule has 2 heteroatoms. The zero-order chi connectivity index (χ0) is 17.7. The number of hydrogen-bond acceptors (Lipinski definition) is 2. The topological polar surface area (TPSA) is 18.5 Å². The highest BCUT2D eigenvalue weighted by Gasteiger charge is 2.07. The first-order valence-corrected chi connectivity index (χ1v) is 8.68. The Kier molecular flexibility index (Phi) is 3.26. The molecule has 0 N–H and O–H groups in total. The van der Waals surface area contributed by atoms with Crippen molar-refractivity contribution in [2.75, 3.05) is 14.2 Å². The van der Waals surface area contributed by atoms with E-state index in [1.54, 1.807) is 14.2 Å². The number of fused-ring (bicyclic) bond motifs is 6. The highest BCUT2D eigenvalue weighted by Crippen LogP contribution is 2.35. The summed E-state index contributed by atoms with van der Waals surface area (Å²) in [5.74, 6) is 1.77. The molecule has 0 saturated heterocycles. The molecule has 0 heterocycles. The van der Waals surface area contributed by atoms with Crippen molar-refractivity contribution in [3.63, 3.8) is 0 Å². The third-order valence-corrected chi connectivity index (χ3v) is 5.20. The van der Waals surface area contributed by atoms with Crippen molar-refractivity contribution < 1.29 is 9.47 Å². The summed E-state index contributed by atoms with van der Waals surface area (Å²) in [6.45, 7) is 0. The molecule has 0 aromatic heterocycles. The molecule has 0 unspecified atom stereocenters. The predicted octanol–water partition coefficient (Wildman–Crippen LogP) is 6.32. The number of methoxy groups -OCH3 is 2. The second-order valence-electron chi connectivity index (χ2n) is 6.60. The van der Waals surface area contributed by atoms with Gasteiger partial charge in [0.1, 0.15) is 11.5 Å². The summed E-state index contributed by atoms with van der Waals surface area (Å²) in [6, 6.07) is 25.8. The molecule has 26 heavy (non-hydrogen) atoms. The van der Waals surface area contributed by atoms with Gasteiger partial charge in [0.25, 0.3) is 0 Å². The van der Waals surface area contributed by atoms with Crippen LogP contribution in [0.25, 0.3) is 43.1 Å². The van der Waals surface area contributed by atoms with Gasteiger partial charge in [0.15, 0.2) is 0 Å². The molecule has 2 nitrogen and oxygen atoms in total. The monoisotopic (exact) mass is 338 g/mol. The molecule has 0 saturated carbocycles. The number of rotatable bonds is 2. The average Bonchev–Trinajstić information content (AvgIpc) is 2.71. The van der Waals surface area contributed by atoms with Crippen LogP contribution < -0.4 is 9.47 Å².